The average molecular weight is 472 g/mol. The van der Waals surface area contributed by atoms with Crippen LogP contribution < -0.4 is 10.2 Å². The Morgan fingerprint density at radius 1 is 0.938 bits per heavy atom. The number of hydrogen-bond donors (Lipinski definition) is 1. The van der Waals surface area contributed by atoms with Crippen molar-refractivity contribution in [2.24, 2.45) is 0 Å². The van der Waals surface area contributed by atoms with Crippen LogP contribution in [-0.2, 0) is 9.59 Å². The van der Waals surface area contributed by atoms with Crippen molar-refractivity contribution < 1.29 is 14.4 Å². The maximum atomic E-state index is 12.9. The Kier molecular flexibility index (Phi) is 6.53. The lowest BCUT2D eigenvalue weighted by molar-refractivity contribution is -0.120. The zero-order chi connectivity index (χ0) is 22.8. The van der Waals surface area contributed by atoms with Crippen molar-refractivity contribution in [2.75, 3.05) is 17.3 Å². The van der Waals surface area contributed by atoms with Gasteiger partial charge < -0.3 is 10.2 Å². The first-order valence-electron chi connectivity index (χ1n) is 10.5. The van der Waals surface area contributed by atoms with E-state index in [0.717, 1.165) is 30.6 Å². The Morgan fingerprint density at radius 3 is 2.19 bits per heavy atom. The first-order chi connectivity index (χ1) is 15.4. The number of rotatable bonds is 5. The fraction of sp³-hybridized carbons (Fsp3) is 0.292. The molecular weight excluding hydrogens is 449 g/mol. The molecule has 8 heteroatoms. The smallest absolute Gasteiger partial charge is 0.283 e. The zero-order valence-corrected chi connectivity index (χ0v) is 19.1. The summed E-state index contributed by atoms with van der Waals surface area (Å²) in [5, 5.41) is 3.23. The van der Waals surface area contributed by atoms with Crippen LogP contribution in [0.25, 0.3) is 0 Å². The summed E-state index contributed by atoms with van der Waals surface area (Å²) in [7, 11) is 1.85. The molecule has 32 heavy (non-hydrogen) atoms. The van der Waals surface area contributed by atoms with Crippen LogP contribution in [0.5, 0.6) is 0 Å². The highest BCUT2D eigenvalue weighted by molar-refractivity contribution is 6.53. The molecule has 1 N–H and O–H groups in total. The third-order valence-corrected chi connectivity index (χ3v) is 6.56. The highest BCUT2D eigenvalue weighted by Crippen LogP contribution is 2.31. The van der Waals surface area contributed by atoms with Gasteiger partial charge in [0.2, 0.25) is 0 Å². The van der Waals surface area contributed by atoms with E-state index in [9.17, 15) is 14.4 Å². The molecule has 4 rings (SSSR count). The fourth-order valence-corrected chi connectivity index (χ4v) is 4.45. The molecule has 0 radical (unpaired) electrons. The van der Waals surface area contributed by atoms with Crippen LogP contribution in [0, 0.1) is 0 Å². The van der Waals surface area contributed by atoms with E-state index in [2.05, 4.69) is 5.32 Å². The van der Waals surface area contributed by atoms with Crippen molar-refractivity contribution in [1.82, 2.24) is 4.90 Å². The van der Waals surface area contributed by atoms with E-state index in [0.29, 0.717) is 22.0 Å². The van der Waals surface area contributed by atoms with E-state index in [-0.39, 0.29) is 22.7 Å². The molecule has 0 unspecified atom stereocenters. The zero-order valence-electron chi connectivity index (χ0n) is 17.6. The summed E-state index contributed by atoms with van der Waals surface area (Å²) in [6, 6.07) is 13.4. The molecule has 0 saturated heterocycles. The molecule has 0 aromatic heterocycles. The van der Waals surface area contributed by atoms with E-state index in [4.69, 9.17) is 23.2 Å². The Hall–Kier alpha value is -2.83. The minimum atomic E-state index is -0.609. The molecule has 0 spiro atoms. The van der Waals surface area contributed by atoms with Gasteiger partial charge in [-0.15, -0.1) is 0 Å². The molecule has 6 nitrogen and oxygen atoms in total. The number of anilines is 2. The van der Waals surface area contributed by atoms with Gasteiger partial charge >= 0.3 is 0 Å². The quantitative estimate of drug-likeness (QED) is 0.609. The summed E-state index contributed by atoms with van der Waals surface area (Å²) in [6.45, 7) is 0. The average Bonchev–Trinajstić information content (AvgIpc) is 3.03. The van der Waals surface area contributed by atoms with Crippen LogP contribution in [0.3, 0.4) is 0 Å². The topological polar surface area (TPSA) is 69.7 Å². The Morgan fingerprint density at radius 2 is 1.56 bits per heavy atom. The SMILES string of the molecule is CN(C(=O)c1ccc(NC2=C(Cl)C(=O)N(c3ccc(Cl)cc3)C2=O)cc1)C1CCCCC1. The molecule has 2 aliphatic rings. The molecule has 3 amide bonds. The normalized spacial score (nSPS) is 17.2. The van der Waals surface area contributed by atoms with Gasteiger partial charge in [-0.25, -0.2) is 4.90 Å². The number of hydrogen-bond acceptors (Lipinski definition) is 4. The summed E-state index contributed by atoms with van der Waals surface area (Å²) in [4.78, 5) is 41.1. The molecule has 1 saturated carbocycles. The molecule has 2 aromatic carbocycles. The number of nitrogens with one attached hydrogen (secondary N) is 1. The summed E-state index contributed by atoms with van der Waals surface area (Å²) in [5.41, 5.74) is 1.49. The Labute approximate surface area is 196 Å². The standard InChI is InChI=1S/C24H23Cl2N3O3/c1-28(18-5-3-2-4-6-18)22(30)15-7-11-17(12-8-15)27-21-20(26)23(31)29(24(21)32)19-13-9-16(25)10-14-19/h7-14,18,27H,2-6H2,1H3. The molecular formula is C24H23Cl2N3O3. The third-order valence-electron chi connectivity index (χ3n) is 5.96. The monoisotopic (exact) mass is 471 g/mol. The second kappa shape index (κ2) is 9.35. The molecule has 166 valence electrons. The van der Waals surface area contributed by atoms with Crippen molar-refractivity contribution in [3.05, 3.63) is 69.8 Å². The first kappa shape index (κ1) is 22.4. The fourth-order valence-electron chi connectivity index (χ4n) is 4.11. The number of amides is 3. The van der Waals surface area contributed by atoms with E-state index in [1.54, 1.807) is 48.5 Å². The summed E-state index contributed by atoms with van der Waals surface area (Å²) in [6.07, 6.45) is 5.61. The van der Waals surface area contributed by atoms with Gasteiger partial charge in [-0.1, -0.05) is 42.5 Å². The molecule has 1 aliphatic carbocycles. The summed E-state index contributed by atoms with van der Waals surface area (Å²) in [5.74, 6) is -1.19. The molecule has 1 heterocycles. The largest absolute Gasteiger partial charge is 0.350 e. The van der Waals surface area contributed by atoms with Crippen LogP contribution in [0.1, 0.15) is 42.5 Å². The van der Waals surface area contributed by atoms with Crippen LogP contribution in [0.2, 0.25) is 5.02 Å². The van der Waals surface area contributed by atoms with E-state index >= 15 is 0 Å². The predicted molar refractivity (Wildman–Crippen MR) is 126 cm³/mol. The third kappa shape index (κ3) is 4.38. The molecule has 2 aromatic rings. The first-order valence-corrected chi connectivity index (χ1v) is 11.3. The maximum absolute atomic E-state index is 12.9. The molecule has 0 atom stereocenters. The van der Waals surface area contributed by atoms with E-state index < -0.39 is 11.8 Å². The highest BCUT2D eigenvalue weighted by atomic mass is 35.5. The second-order valence-corrected chi connectivity index (χ2v) is 8.84. The number of carbonyl (C=O) groups excluding carboxylic acids is 3. The Balaban J connectivity index is 1.47. The second-order valence-electron chi connectivity index (χ2n) is 8.02. The Bertz CT molecular complexity index is 1070. The van der Waals surface area contributed by atoms with Crippen LogP contribution in [-0.4, -0.2) is 35.7 Å². The van der Waals surface area contributed by atoms with Gasteiger partial charge in [-0.05, 0) is 61.4 Å². The van der Waals surface area contributed by atoms with Crippen molar-refractivity contribution in [3.63, 3.8) is 0 Å². The molecule has 0 bridgehead atoms. The van der Waals surface area contributed by atoms with E-state index in [1.165, 1.54) is 6.42 Å². The van der Waals surface area contributed by atoms with Gasteiger partial charge in [0, 0.05) is 29.4 Å². The van der Waals surface area contributed by atoms with Gasteiger partial charge in [0.25, 0.3) is 17.7 Å². The van der Waals surface area contributed by atoms with Gasteiger partial charge in [0.15, 0.2) is 0 Å². The van der Waals surface area contributed by atoms with Crippen LogP contribution >= 0.6 is 23.2 Å². The number of nitrogens with zero attached hydrogens (tertiary/aromatic N) is 2. The summed E-state index contributed by atoms with van der Waals surface area (Å²) < 4.78 is 0. The van der Waals surface area contributed by atoms with Gasteiger partial charge in [-0.3, -0.25) is 14.4 Å². The lowest BCUT2D eigenvalue weighted by atomic mass is 9.94. The van der Waals surface area contributed by atoms with Crippen molar-refractivity contribution in [2.45, 2.75) is 38.1 Å². The number of benzene rings is 2. The van der Waals surface area contributed by atoms with E-state index in [1.807, 2.05) is 11.9 Å². The minimum Gasteiger partial charge on any atom is -0.350 e. The molecule has 1 fully saturated rings. The lowest BCUT2D eigenvalue weighted by Gasteiger charge is -2.31. The number of imide groups is 1. The lowest BCUT2D eigenvalue weighted by Crippen LogP contribution is -2.38. The number of carbonyl (C=O) groups is 3. The minimum absolute atomic E-state index is 0.00924. The highest BCUT2D eigenvalue weighted by Gasteiger charge is 2.39. The number of halogens is 2. The van der Waals surface area contributed by atoms with Gasteiger partial charge in [0.05, 0.1) is 5.69 Å². The van der Waals surface area contributed by atoms with Crippen molar-refractivity contribution >= 4 is 52.3 Å². The predicted octanol–water partition coefficient (Wildman–Crippen LogP) is 5.18. The van der Waals surface area contributed by atoms with Gasteiger partial charge in [-0.2, -0.15) is 0 Å². The van der Waals surface area contributed by atoms with Crippen molar-refractivity contribution in [1.29, 1.82) is 0 Å². The molecule has 1 aliphatic heterocycles. The maximum Gasteiger partial charge on any atom is 0.283 e. The van der Waals surface area contributed by atoms with Crippen molar-refractivity contribution in [3.8, 4) is 0 Å². The summed E-state index contributed by atoms with van der Waals surface area (Å²) >= 11 is 12.1. The van der Waals surface area contributed by atoms with Gasteiger partial charge in [0.1, 0.15) is 10.7 Å². The van der Waals surface area contributed by atoms with Crippen LogP contribution in [0.15, 0.2) is 59.3 Å². The van der Waals surface area contributed by atoms with Crippen LogP contribution in [0.4, 0.5) is 11.4 Å².